The van der Waals surface area contributed by atoms with Crippen molar-refractivity contribution in [1.29, 1.82) is 0 Å². The second kappa shape index (κ2) is 11.0. The lowest BCUT2D eigenvalue weighted by atomic mass is 10.0. The van der Waals surface area contributed by atoms with E-state index < -0.39 is 0 Å². The summed E-state index contributed by atoms with van der Waals surface area (Å²) in [6.07, 6.45) is 5.75. The standard InChI is InChI=1S/C28H34N4O4/c1-20-29-27(36-30-20)18-28(33)32-15-14-31(19-23(32)16-21-8-4-3-5-9-21)22-12-13-25(34-2)26(17-22)35-24-10-6-7-11-24/h3-5,8-9,12-13,17,23-24H,6-7,10-11,14-16,18-19H2,1-2H3/t23-/m0/s1. The Morgan fingerprint density at radius 1 is 1.08 bits per heavy atom. The summed E-state index contributed by atoms with van der Waals surface area (Å²) in [5, 5.41) is 3.83. The van der Waals surface area contributed by atoms with Crippen molar-refractivity contribution >= 4 is 11.6 Å². The average Bonchev–Trinajstić information content (AvgIpc) is 3.56. The van der Waals surface area contributed by atoms with Crippen LogP contribution in [-0.4, -0.2) is 59.8 Å². The van der Waals surface area contributed by atoms with Gasteiger partial charge in [-0.2, -0.15) is 4.98 Å². The number of benzene rings is 2. The number of nitrogens with zero attached hydrogens (tertiary/aromatic N) is 4. The van der Waals surface area contributed by atoms with Crippen LogP contribution in [0.25, 0.3) is 0 Å². The minimum Gasteiger partial charge on any atom is -0.493 e. The predicted molar refractivity (Wildman–Crippen MR) is 136 cm³/mol. The van der Waals surface area contributed by atoms with Gasteiger partial charge in [-0.05, 0) is 56.7 Å². The zero-order chi connectivity index (χ0) is 24.9. The second-order valence-electron chi connectivity index (χ2n) is 9.65. The van der Waals surface area contributed by atoms with E-state index >= 15 is 0 Å². The van der Waals surface area contributed by atoms with Gasteiger partial charge in [0.15, 0.2) is 17.3 Å². The first-order valence-corrected chi connectivity index (χ1v) is 12.8. The van der Waals surface area contributed by atoms with Crippen molar-refractivity contribution < 1.29 is 18.8 Å². The van der Waals surface area contributed by atoms with Crippen molar-refractivity contribution in [3.63, 3.8) is 0 Å². The van der Waals surface area contributed by atoms with Gasteiger partial charge in [-0.1, -0.05) is 35.5 Å². The van der Waals surface area contributed by atoms with Gasteiger partial charge in [-0.25, -0.2) is 0 Å². The van der Waals surface area contributed by atoms with Crippen LogP contribution in [0.5, 0.6) is 11.5 Å². The number of ether oxygens (including phenoxy) is 2. The second-order valence-corrected chi connectivity index (χ2v) is 9.65. The molecule has 2 heterocycles. The Hall–Kier alpha value is -3.55. The zero-order valence-electron chi connectivity index (χ0n) is 21.1. The maximum atomic E-state index is 13.3. The molecule has 1 saturated carbocycles. The van der Waals surface area contributed by atoms with E-state index in [1.54, 1.807) is 14.0 Å². The third-order valence-electron chi connectivity index (χ3n) is 7.10. The monoisotopic (exact) mass is 490 g/mol. The number of hydrogen-bond acceptors (Lipinski definition) is 7. The Labute approximate surface area is 212 Å². The normalized spacial score (nSPS) is 18.4. The van der Waals surface area contributed by atoms with Crippen LogP contribution in [0.1, 0.15) is 43.0 Å². The summed E-state index contributed by atoms with van der Waals surface area (Å²) >= 11 is 0. The number of methoxy groups -OCH3 is 1. The molecule has 1 aliphatic heterocycles. The molecular formula is C28H34N4O4. The van der Waals surface area contributed by atoms with Gasteiger partial charge in [0.1, 0.15) is 6.42 Å². The van der Waals surface area contributed by atoms with Crippen LogP contribution in [0.3, 0.4) is 0 Å². The van der Waals surface area contributed by atoms with E-state index in [4.69, 9.17) is 14.0 Å². The number of carbonyl (C=O) groups excluding carboxylic acids is 1. The van der Waals surface area contributed by atoms with E-state index in [-0.39, 0.29) is 24.5 Å². The molecule has 1 atom stereocenters. The van der Waals surface area contributed by atoms with Gasteiger partial charge in [0.05, 0.1) is 19.3 Å². The van der Waals surface area contributed by atoms with Gasteiger partial charge in [-0.15, -0.1) is 0 Å². The van der Waals surface area contributed by atoms with E-state index in [2.05, 4.69) is 39.3 Å². The van der Waals surface area contributed by atoms with Crippen LogP contribution < -0.4 is 14.4 Å². The molecule has 1 aliphatic carbocycles. The van der Waals surface area contributed by atoms with Crippen molar-refractivity contribution in [1.82, 2.24) is 15.0 Å². The Bertz CT molecular complexity index is 1160. The quantitative estimate of drug-likeness (QED) is 0.468. The van der Waals surface area contributed by atoms with Gasteiger partial charge < -0.3 is 23.8 Å². The van der Waals surface area contributed by atoms with Gasteiger partial charge in [0, 0.05) is 31.4 Å². The van der Waals surface area contributed by atoms with Crippen LogP contribution in [0.2, 0.25) is 0 Å². The number of anilines is 1. The molecule has 2 aromatic carbocycles. The van der Waals surface area contributed by atoms with Crippen molar-refractivity contribution in [2.75, 3.05) is 31.6 Å². The molecule has 2 fully saturated rings. The van der Waals surface area contributed by atoms with E-state index in [1.165, 1.54) is 18.4 Å². The summed E-state index contributed by atoms with van der Waals surface area (Å²) < 4.78 is 17.1. The predicted octanol–water partition coefficient (Wildman–Crippen LogP) is 4.21. The van der Waals surface area contributed by atoms with Crippen LogP contribution >= 0.6 is 0 Å². The topological polar surface area (TPSA) is 80.9 Å². The summed E-state index contributed by atoms with van der Waals surface area (Å²) in [5.41, 5.74) is 2.29. The Morgan fingerprint density at radius 3 is 2.61 bits per heavy atom. The summed E-state index contributed by atoms with van der Waals surface area (Å²) in [4.78, 5) is 21.8. The highest BCUT2D eigenvalue weighted by molar-refractivity contribution is 5.78. The highest BCUT2D eigenvalue weighted by Gasteiger charge is 2.32. The third kappa shape index (κ3) is 5.64. The summed E-state index contributed by atoms with van der Waals surface area (Å²) in [6, 6.07) is 16.5. The first-order valence-electron chi connectivity index (χ1n) is 12.8. The molecule has 0 spiro atoms. The number of hydrogen-bond donors (Lipinski definition) is 0. The lowest BCUT2D eigenvalue weighted by Crippen LogP contribution is -2.56. The molecule has 8 nitrogen and oxygen atoms in total. The first-order chi connectivity index (χ1) is 17.6. The molecule has 8 heteroatoms. The molecule has 1 aromatic heterocycles. The average molecular weight is 491 g/mol. The molecule has 2 aliphatic rings. The fourth-order valence-corrected chi connectivity index (χ4v) is 5.26. The van der Waals surface area contributed by atoms with Gasteiger partial charge in [0.25, 0.3) is 0 Å². The number of aromatic nitrogens is 2. The van der Waals surface area contributed by atoms with E-state index in [9.17, 15) is 4.79 Å². The Kier molecular flexibility index (Phi) is 7.39. The van der Waals surface area contributed by atoms with Gasteiger partial charge >= 0.3 is 0 Å². The van der Waals surface area contributed by atoms with Crippen molar-refractivity contribution in [3.05, 3.63) is 65.8 Å². The minimum absolute atomic E-state index is 0.0129. The number of amides is 1. The maximum Gasteiger partial charge on any atom is 0.236 e. The molecule has 5 rings (SSSR count). The summed E-state index contributed by atoms with van der Waals surface area (Å²) in [6.45, 7) is 3.83. The van der Waals surface area contributed by atoms with Gasteiger partial charge in [-0.3, -0.25) is 4.79 Å². The molecule has 0 unspecified atom stereocenters. The molecule has 1 amide bonds. The highest BCUT2D eigenvalue weighted by Crippen LogP contribution is 2.36. The van der Waals surface area contributed by atoms with Crippen LogP contribution in [0.15, 0.2) is 53.1 Å². The van der Waals surface area contributed by atoms with Crippen LogP contribution in [-0.2, 0) is 17.6 Å². The first kappa shape index (κ1) is 24.2. The molecule has 3 aromatic rings. The highest BCUT2D eigenvalue weighted by atomic mass is 16.5. The fraction of sp³-hybridized carbons (Fsp3) is 0.464. The Balaban J connectivity index is 1.35. The fourth-order valence-electron chi connectivity index (χ4n) is 5.26. The molecule has 36 heavy (non-hydrogen) atoms. The van der Waals surface area contributed by atoms with Gasteiger partial charge in [0.2, 0.25) is 11.8 Å². The molecule has 190 valence electrons. The van der Waals surface area contributed by atoms with Crippen molar-refractivity contribution in [2.24, 2.45) is 0 Å². The molecule has 0 radical (unpaired) electrons. The summed E-state index contributed by atoms with van der Waals surface area (Å²) in [7, 11) is 1.68. The smallest absolute Gasteiger partial charge is 0.236 e. The molecule has 1 saturated heterocycles. The van der Waals surface area contributed by atoms with Crippen molar-refractivity contribution in [2.45, 2.75) is 57.6 Å². The minimum atomic E-state index is 0.0129. The maximum absolute atomic E-state index is 13.3. The number of aryl methyl sites for hydroxylation is 1. The van der Waals surface area contributed by atoms with Crippen molar-refractivity contribution in [3.8, 4) is 11.5 Å². The molecule has 0 N–H and O–H groups in total. The summed E-state index contributed by atoms with van der Waals surface area (Å²) in [5.74, 6) is 2.47. The van der Waals surface area contributed by atoms with E-state index in [1.807, 2.05) is 29.2 Å². The van der Waals surface area contributed by atoms with E-state index in [0.29, 0.717) is 18.3 Å². The largest absolute Gasteiger partial charge is 0.493 e. The SMILES string of the molecule is COc1ccc(N2CCN(C(=O)Cc3nc(C)no3)[C@@H](Cc3ccccc3)C2)cc1OC1CCCC1. The van der Waals surface area contributed by atoms with E-state index in [0.717, 1.165) is 49.5 Å². The number of carbonyl (C=O) groups is 1. The third-order valence-corrected chi connectivity index (χ3v) is 7.10. The Morgan fingerprint density at radius 2 is 1.89 bits per heavy atom. The van der Waals surface area contributed by atoms with Crippen LogP contribution in [0, 0.1) is 6.92 Å². The number of rotatable bonds is 8. The molecular weight excluding hydrogens is 456 g/mol. The molecule has 0 bridgehead atoms. The number of piperazine rings is 1. The lowest BCUT2D eigenvalue weighted by Gasteiger charge is -2.42. The zero-order valence-corrected chi connectivity index (χ0v) is 21.1. The van der Waals surface area contributed by atoms with Crippen LogP contribution in [0.4, 0.5) is 5.69 Å². The lowest BCUT2D eigenvalue weighted by molar-refractivity contribution is -0.133.